The molecule has 0 radical (unpaired) electrons. The third-order valence-electron chi connectivity index (χ3n) is 4.77. The Hall–Kier alpha value is -0.570. The van der Waals surface area contributed by atoms with Crippen LogP contribution in [-0.4, -0.2) is 74.7 Å². The lowest BCUT2D eigenvalue weighted by Gasteiger charge is -2.27. The van der Waals surface area contributed by atoms with Crippen LogP contribution in [0.2, 0.25) is 0 Å². The van der Waals surface area contributed by atoms with Crippen molar-refractivity contribution in [2.45, 2.75) is 39.2 Å². The molecular weight excluding hydrogens is 407 g/mol. The molecule has 0 aromatic carbocycles. The van der Waals surface area contributed by atoms with Gasteiger partial charge in [0.1, 0.15) is 6.54 Å². The fourth-order valence-electron chi connectivity index (χ4n) is 2.93. The van der Waals surface area contributed by atoms with E-state index in [-0.39, 0.29) is 36.4 Å². The van der Waals surface area contributed by atoms with Crippen molar-refractivity contribution in [2.75, 3.05) is 46.9 Å². The van der Waals surface area contributed by atoms with Gasteiger partial charge in [-0.15, -0.1) is 24.0 Å². The zero-order valence-electron chi connectivity index (χ0n) is 14.8. The largest absolute Gasteiger partial charge is 0.381 e. The number of guanidine groups is 1. The molecule has 6 nitrogen and oxygen atoms in total. The van der Waals surface area contributed by atoms with Crippen molar-refractivity contribution in [3.05, 3.63) is 0 Å². The SMILES string of the molecule is CCC(C)NC(=NCC(=O)N(C)C)N1CCC2(CCOC2)C1.I. The van der Waals surface area contributed by atoms with Crippen LogP contribution in [0, 0.1) is 5.41 Å². The summed E-state index contributed by atoms with van der Waals surface area (Å²) in [5, 5.41) is 3.47. The lowest BCUT2D eigenvalue weighted by molar-refractivity contribution is -0.127. The van der Waals surface area contributed by atoms with E-state index in [2.05, 4.69) is 29.1 Å². The van der Waals surface area contributed by atoms with Gasteiger partial charge in [0.15, 0.2) is 5.96 Å². The van der Waals surface area contributed by atoms with E-state index in [0.29, 0.717) is 11.5 Å². The average molecular weight is 438 g/mol. The number of aliphatic imine (C=N–C) groups is 1. The first-order valence-electron chi connectivity index (χ1n) is 8.29. The monoisotopic (exact) mass is 438 g/mol. The predicted octanol–water partition coefficient (Wildman–Crippen LogP) is 1.55. The van der Waals surface area contributed by atoms with E-state index in [0.717, 1.165) is 51.5 Å². The zero-order chi connectivity index (χ0) is 16.2. The van der Waals surface area contributed by atoms with Crippen molar-refractivity contribution in [3.8, 4) is 0 Å². The van der Waals surface area contributed by atoms with Gasteiger partial charge in [-0.1, -0.05) is 6.92 Å². The highest BCUT2D eigenvalue weighted by atomic mass is 127. The molecule has 2 unspecified atom stereocenters. The average Bonchev–Trinajstić information content (AvgIpc) is 3.13. The summed E-state index contributed by atoms with van der Waals surface area (Å²) >= 11 is 0. The molecule has 1 amide bonds. The molecule has 2 atom stereocenters. The van der Waals surface area contributed by atoms with Gasteiger partial charge in [-0.3, -0.25) is 4.79 Å². The van der Waals surface area contributed by atoms with Crippen molar-refractivity contribution >= 4 is 35.8 Å². The van der Waals surface area contributed by atoms with Crippen LogP contribution in [0.5, 0.6) is 0 Å². The molecule has 0 bridgehead atoms. The Morgan fingerprint density at radius 3 is 2.74 bits per heavy atom. The highest BCUT2D eigenvalue weighted by molar-refractivity contribution is 14.0. The molecule has 0 aromatic heterocycles. The van der Waals surface area contributed by atoms with Crippen LogP contribution in [0.25, 0.3) is 0 Å². The summed E-state index contributed by atoms with van der Waals surface area (Å²) in [6.07, 6.45) is 3.31. The normalized spacial score (nSPS) is 25.4. The van der Waals surface area contributed by atoms with Crippen LogP contribution in [-0.2, 0) is 9.53 Å². The summed E-state index contributed by atoms with van der Waals surface area (Å²) in [4.78, 5) is 20.3. The van der Waals surface area contributed by atoms with Gasteiger partial charge in [0.05, 0.1) is 6.61 Å². The topological polar surface area (TPSA) is 57.2 Å². The van der Waals surface area contributed by atoms with E-state index in [1.807, 2.05) is 0 Å². The Labute approximate surface area is 157 Å². The fourth-order valence-corrected chi connectivity index (χ4v) is 2.93. The first-order valence-corrected chi connectivity index (χ1v) is 8.29. The van der Waals surface area contributed by atoms with Gasteiger partial charge in [-0.25, -0.2) is 4.99 Å². The first kappa shape index (κ1) is 20.5. The van der Waals surface area contributed by atoms with Crippen molar-refractivity contribution in [1.29, 1.82) is 0 Å². The van der Waals surface area contributed by atoms with Gasteiger partial charge >= 0.3 is 0 Å². The predicted molar refractivity (Wildman–Crippen MR) is 103 cm³/mol. The van der Waals surface area contributed by atoms with Crippen molar-refractivity contribution in [3.63, 3.8) is 0 Å². The molecule has 0 aromatic rings. The molecule has 2 saturated heterocycles. The lowest BCUT2D eigenvalue weighted by atomic mass is 9.87. The smallest absolute Gasteiger partial charge is 0.243 e. The van der Waals surface area contributed by atoms with E-state index < -0.39 is 0 Å². The summed E-state index contributed by atoms with van der Waals surface area (Å²) < 4.78 is 5.59. The van der Waals surface area contributed by atoms with Crippen LogP contribution < -0.4 is 5.32 Å². The molecule has 2 rings (SSSR count). The number of nitrogens with zero attached hydrogens (tertiary/aromatic N) is 3. The third kappa shape index (κ3) is 5.48. The first-order chi connectivity index (χ1) is 10.5. The van der Waals surface area contributed by atoms with Gasteiger partial charge in [0.25, 0.3) is 0 Å². The fraction of sp³-hybridized carbons (Fsp3) is 0.875. The number of amides is 1. The number of carbonyl (C=O) groups excluding carboxylic acids is 1. The Balaban J connectivity index is 0.00000264. The molecule has 2 aliphatic rings. The lowest BCUT2D eigenvalue weighted by Crippen LogP contribution is -2.45. The Morgan fingerprint density at radius 2 is 2.17 bits per heavy atom. The maximum Gasteiger partial charge on any atom is 0.243 e. The Kier molecular flexibility index (Phi) is 8.06. The Morgan fingerprint density at radius 1 is 1.43 bits per heavy atom. The highest BCUT2D eigenvalue weighted by Crippen LogP contribution is 2.38. The summed E-state index contributed by atoms with van der Waals surface area (Å²) in [6.45, 7) is 8.19. The van der Waals surface area contributed by atoms with Crippen LogP contribution in [0.4, 0.5) is 0 Å². The minimum atomic E-state index is 0. The third-order valence-corrected chi connectivity index (χ3v) is 4.77. The minimum Gasteiger partial charge on any atom is -0.381 e. The summed E-state index contributed by atoms with van der Waals surface area (Å²) in [6, 6.07) is 0.351. The number of likely N-dealkylation sites (N-methyl/N-ethyl adjacent to an activating group) is 1. The minimum absolute atomic E-state index is 0. The molecule has 7 heteroatoms. The second kappa shape index (κ2) is 9.05. The van der Waals surface area contributed by atoms with Crippen LogP contribution in [0.1, 0.15) is 33.1 Å². The molecule has 1 N–H and O–H groups in total. The molecule has 2 heterocycles. The highest BCUT2D eigenvalue weighted by Gasteiger charge is 2.42. The number of carbonyl (C=O) groups is 1. The van der Waals surface area contributed by atoms with Crippen LogP contribution in [0.3, 0.4) is 0 Å². The van der Waals surface area contributed by atoms with E-state index in [1.165, 1.54) is 0 Å². The molecule has 2 aliphatic heterocycles. The van der Waals surface area contributed by atoms with E-state index >= 15 is 0 Å². The molecule has 2 fully saturated rings. The molecular formula is C16H31IN4O2. The van der Waals surface area contributed by atoms with E-state index in [9.17, 15) is 4.79 Å². The van der Waals surface area contributed by atoms with Gasteiger partial charge in [0.2, 0.25) is 5.91 Å². The van der Waals surface area contributed by atoms with Crippen LogP contribution in [0.15, 0.2) is 4.99 Å². The van der Waals surface area contributed by atoms with Crippen molar-refractivity contribution < 1.29 is 9.53 Å². The standard InChI is InChI=1S/C16H30N4O2.HI/c1-5-13(2)18-15(17-10-14(21)19(3)4)20-8-6-16(11-20)7-9-22-12-16;/h13H,5-12H2,1-4H3,(H,17,18);1H. The number of rotatable bonds is 4. The van der Waals surface area contributed by atoms with E-state index in [4.69, 9.17) is 4.74 Å². The van der Waals surface area contributed by atoms with E-state index in [1.54, 1.807) is 19.0 Å². The van der Waals surface area contributed by atoms with Gasteiger partial charge in [-0.05, 0) is 26.2 Å². The quantitative estimate of drug-likeness (QED) is 0.411. The van der Waals surface area contributed by atoms with Gasteiger partial charge in [0, 0.05) is 45.2 Å². The van der Waals surface area contributed by atoms with Gasteiger partial charge in [-0.2, -0.15) is 0 Å². The number of likely N-dealkylation sites (tertiary alicyclic amines) is 1. The molecule has 0 saturated carbocycles. The number of hydrogen-bond donors (Lipinski definition) is 1. The van der Waals surface area contributed by atoms with Gasteiger partial charge < -0.3 is 19.9 Å². The number of ether oxygens (including phenoxy) is 1. The molecule has 134 valence electrons. The maximum atomic E-state index is 11.8. The number of nitrogens with one attached hydrogen (secondary N) is 1. The Bertz CT molecular complexity index is 422. The zero-order valence-corrected chi connectivity index (χ0v) is 17.1. The number of halogens is 1. The molecule has 0 aliphatic carbocycles. The molecule has 1 spiro atoms. The van der Waals surface area contributed by atoms with Crippen molar-refractivity contribution in [2.24, 2.45) is 10.4 Å². The second-order valence-electron chi connectivity index (χ2n) is 6.86. The molecule has 23 heavy (non-hydrogen) atoms. The second-order valence-corrected chi connectivity index (χ2v) is 6.86. The number of hydrogen-bond acceptors (Lipinski definition) is 3. The van der Waals surface area contributed by atoms with Crippen molar-refractivity contribution in [1.82, 2.24) is 15.1 Å². The van der Waals surface area contributed by atoms with Crippen LogP contribution >= 0.6 is 24.0 Å². The maximum absolute atomic E-state index is 11.8. The summed E-state index contributed by atoms with van der Waals surface area (Å²) in [5.41, 5.74) is 0.295. The summed E-state index contributed by atoms with van der Waals surface area (Å²) in [7, 11) is 3.53. The summed E-state index contributed by atoms with van der Waals surface area (Å²) in [5.74, 6) is 0.898.